The minimum atomic E-state index is 0.00254. The number of rotatable bonds is 7. The summed E-state index contributed by atoms with van der Waals surface area (Å²) in [7, 11) is 0. The average molecular weight is 334 g/mol. The second-order valence-electron chi connectivity index (χ2n) is 4.13. The lowest BCUT2D eigenvalue weighted by molar-refractivity contribution is -0.116. The molecule has 3 nitrogen and oxygen atoms in total. The highest BCUT2D eigenvalue weighted by Gasteiger charge is 2.06. The van der Waals surface area contributed by atoms with Gasteiger partial charge in [0.1, 0.15) is 0 Å². The largest absolute Gasteiger partial charge is 0.330 e. The molecule has 1 amide bonds. The van der Waals surface area contributed by atoms with Gasteiger partial charge in [0.25, 0.3) is 0 Å². The molecule has 0 aromatic heterocycles. The van der Waals surface area contributed by atoms with Crippen LogP contribution < -0.4 is 11.1 Å². The minimum absolute atomic E-state index is 0.00254. The SMILES string of the molecule is NCCCCCCC(=O)Nc1cc(Br)ccc1Cl. The summed E-state index contributed by atoms with van der Waals surface area (Å²) in [5.74, 6) is 0.00254. The Bertz CT molecular complexity index is 399. The van der Waals surface area contributed by atoms with E-state index in [0.29, 0.717) is 17.1 Å². The van der Waals surface area contributed by atoms with Gasteiger partial charge >= 0.3 is 0 Å². The van der Waals surface area contributed by atoms with Gasteiger partial charge in [0.15, 0.2) is 0 Å². The fourth-order valence-electron chi connectivity index (χ4n) is 1.59. The molecule has 0 spiro atoms. The van der Waals surface area contributed by atoms with E-state index in [1.807, 2.05) is 6.07 Å². The fourth-order valence-corrected chi connectivity index (χ4v) is 2.12. The predicted molar refractivity (Wildman–Crippen MR) is 79.9 cm³/mol. The van der Waals surface area contributed by atoms with Crippen LogP contribution in [0.4, 0.5) is 5.69 Å². The van der Waals surface area contributed by atoms with Gasteiger partial charge in [-0.25, -0.2) is 0 Å². The third kappa shape index (κ3) is 5.85. The van der Waals surface area contributed by atoms with Crippen molar-refractivity contribution in [1.82, 2.24) is 0 Å². The third-order valence-corrected chi connectivity index (χ3v) is 3.38. The topological polar surface area (TPSA) is 55.1 Å². The maximum Gasteiger partial charge on any atom is 0.224 e. The zero-order chi connectivity index (χ0) is 13.4. The summed E-state index contributed by atoms with van der Waals surface area (Å²) in [4.78, 5) is 11.7. The number of carbonyl (C=O) groups is 1. The predicted octanol–water partition coefficient (Wildman–Crippen LogP) is 3.95. The van der Waals surface area contributed by atoms with Gasteiger partial charge in [-0.05, 0) is 37.6 Å². The summed E-state index contributed by atoms with van der Waals surface area (Å²) in [6.07, 6.45) is 4.56. The highest BCUT2D eigenvalue weighted by atomic mass is 79.9. The Hall–Kier alpha value is -0.580. The van der Waals surface area contributed by atoms with Crippen LogP contribution in [0.2, 0.25) is 5.02 Å². The molecule has 0 radical (unpaired) electrons. The number of benzene rings is 1. The number of nitrogens with one attached hydrogen (secondary N) is 1. The van der Waals surface area contributed by atoms with Crippen molar-refractivity contribution in [3.05, 3.63) is 27.7 Å². The van der Waals surface area contributed by atoms with Crippen LogP contribution in [0.15, 0.2) is 22.7 Å². The first-order valence-corrected chi connectivity index (χ1v) is 7.25. The molecule has 0 fully saturated rings. The first-order valence-electron chi connectivity index (χ1n) is 6.08. The van der Waals surface area contributed by atoms with Crippen LogP contribution in [0.5, 0.6) is 0 Å². The molecule has 0 atom stereocenters. The van der Waals surface area contributed by atoms with Crippen molar-refractivity contribution in [2.24, 2.45) is 5.73 Å². The number of hydrogen-bond acceptors (Lipinski definition) is 2. The van der Waals surface area contributed by atoms with Gasteiger partial charge < -0.3 is 11.1 Å². The zero-order valence-electron chi connectivity index (χ0n) is 10.2. The van der Waals surface area contributed by atoms with E-state index in [1.54, 1.807) is 12.1 Å². The standard InChI is InChI=1S/C13H18BrClN2O/c14-10-6-7-11(15)12(9-10)17-13(18)5-3-1-2-4-8-16/h6-7,9H,1-5,8,16H2,(H,17,18). The normalized spacial score (nSPS) is 10.4. The van der Waals surface area contributed by atoms with E-state index < -0.39 is 0 Å². The molecule has 1 aromatic rings. The molecule has 0 unspecified atom stereocenters. The number of anilines is 1. The lowest BCUT2D eigenvalue weighted by Crippen LogP contribution is -2.11. The fraction of sp³-hybridized carbons (Fsp3) is 0.462. The number of hydrogen-bond donors (Lipinski definition) is 2. The van der Waals surface area contributed by atoms with Crippen LogP contribution in [0.25, 0.3) is 0 Å². The van der Waals surface area contributed by atoms with Crippen LogP contribution in [0.3, 0.4) is 0 Å². The van der Waals surface area contributed by atoms with E-state index in [-0.39, 0.29) is 5.91 Å². The summed E-state index contributed by atoms with van der Waals surface area (Å²) in [5.41, 5.74) is 6.06. The molecule has 5 heteroatoms. The first kappa shape index (κ1) is 15.5. The lowest BCUT2D eigenvalue weighted by Gasteiger charge is -2.07. The lowest BCUT2D eigenvalue weighted by atomic mass is 10.1. The summed E-state index contributed by atoms with van der Waals surface area (Å²) in [5, 5.41) is 3.37. The van der Waals surface area contributed by atoms with Crippen LogP contribution in [-0.4, -0.2) is 12.5 Å². The van der Waals surface area contributed by atoms with Crippen molar-refractivity contribution in [2.45, 2.75) is 32.1 Å². The van der Waals surface area contributed by atoms with Gasteiger partial charge in [0.2, 0.25) is 5.91 Å². The van der Waals surface area contributed by atoms with Crippen molar-refractivity contribution in [3.63, 3.8) is 0 Å². The second kappa shape index (κ2) is 8.51. The van der Waals surface area contributed by atoms with Gasteiger partial charge in [-0.1, -0.05) is 40.4 Å². The first-order chi connectivity index (χ1) is 8.63. The summed E-state index contributed by atoms with van der Waals surface area (Å²) in [6.45, 7) is 0.722. The smallest absolute Gasteiger partial charge is 0.224 e. The molecule has 0 aliphatic rings. The van der Waals surface area contributed by atoms with E-state index in [1.165, 1.54) is 0 Å². The Balaban J connectivity index is 2.33. The number of nitrogens with two attached hydrogens (primary N) is 1. The van der Waals surface area contributed by atoms with Gasteiger partial charge in [0.05, 0.1) is 10.7 Å². The molecule has 1 rings (SSSR count). The van der Waals surface area contributed by atoms with Crippen molar-refractivity contribution in [2.75, 3.05) is 11.9 Å². The number of carbonyl (C=O) groups excluding carboxylic acids is 1. The molecular weight excluding hydrogens is 316 g/mol. The summed E-state index contributed by atoms with van der Waals surface area (Å²) >= 11 is 9.34. The van der Waals surface area contributed by atoms with Gasteiger partial charge in [-0.2, -0.15) is 0 Å². The quantitative estimate of drug-likeness (QED) is 0.742. The van der Waals surface area contributed by atoms with Crippen LogP contribution in [-0.2, 0) is 4.79 Å². The molecule has 0 saturated carbocycles. The Morgan fingerprint density at radius 1 is 1.28 bits per heavy atom. The molecule has 0 aliphatic heterocycles. The molecule has 3 N–H and O–H groups in total. The summed E-state index contributed by atoms with van der Waals surface area (Å²) in [6, 6.07) is 5.39. The van der Waals surface area contributed by atoms with Crippen molar-refractivity contribution in [3.8, 4) is 0 Å². The highest BCUT2D eigenvalue weighted by Crippen LogP contribution is 2.25. The van der Waals surface area contributed by atoms with E-state index in [9.17, 15) is 4.79 Å². The Morgan fingerprint density at radius 2 is 2.00 bits per heavy atom. The zero-order valence-corrected chi connectivity index (χ0v) is 12.6. The van der Waals surface area contributed by atoms with Crippen molar-refractivity contribution < 1.29 is 4.79 Å². The molecular formula is C13H18BrClN2O. The minimum Gasteiger partial charge on any atom is -0.330 e. The average Bonchev–Trinajstić information content (AvgIpc) is 2.33. The number of halogens is 2. The molecule has 0 bridgehead atoms. The monoisotopic (exact) mass is 332 g/mol. The maximum atomic E-state index is 11.7. The molecule has 0 aliphatic carbocycles. The Kier molecular flexibility index (Phi) is 7.32. The van der Waals surface area contributed by atoms with E-state index in [4.69, 9.17) is 17.3 Å². The highest BCUT2D eigenvalue weighted by molar-refractivity contribution is 9.10. The molecule has 100 valence electrons. The maximum absolute atomic E-state index is 11.7. The molecule has 0 saturated heterocycles. The van der Waals surface area contributed by atoms with Crippen molar-refractivity contribution in [1.29, 1.82) is 0 Å². The molecule has 18 heavy (non-hydrogen) atoms. The Morgan fingerprint density at radius 3 is 2.72 bits per heavy atom. The van der Waals surface area contributed by atoms with E-state index >= 15 is 0 Å². The molecule has 0 heterocycles. The third-order valence-electron chi connectivity index (χ3n) is 2.56. The van der Waals surface area contributed by atoms with Crippen LogP contribution >= 0.6 is 27.5 Å². The van der Waals surface area contributed by atoms with Gasteiger partial charge in [0, 0.05) is 10.9 Å². The van der Waals surface area contributed by atoms with E-state index in [2.05, 4.69) is 21.2 Å². The van der Waals surface area contributed by atoms with Crippen LogP contribution in [0.1, 0.15) is 32.1 Å². The van der Waals surface area contributed by atoms with Gasteiger partial charge in [-0.3, -0.25) is 4.79 Å². The second-order valence-corrected chi connectivity index (χ2v) is 5.45. The molecule has 1 aromatic carbocycles. The van der Waals surface area contributed by atoms with Crippen molar-refractivity contribution >= 4 is 39.1 Å². The summed E-state index contributed by atoms with van der Waals surface area (Å²) < 4.78 is 0.894. The number of unbranched alkanes of at least 4 members (excludes halogenated alkanes) is 3. The number of amides is 1. The Labute approximate surface area is 121 Å². The van der Waals surface area contributed by atoms with E-state index in [0.717, 1.165) is 36.7 Å². The van der Waals surface area contributed by atoms with Crippen LogP contribution in [0, 0.1) is 0 Å². The van der Waals surface area contributed by atoms with Gasteiger partial charge in [-0.15, -0.1) is 0 Å².